The van der Waals surface area contributed by atoms with Gasteiger partial charge < -0.3 is 9.79 Å². The van der Waals surface area contributed by atoms with Crippen LogP contribution in [0.25, 0.3) is 16.6 Å². The van der Waals surface area contributed by atoms with Crippen molar-refractivity contribution in [1.82, 2.24) is 9.47 Å². The van der Waals surface area contributed by atoms with Crippen LogP contribution in [-0.4, -0.2) is 66.1 Å². The Kier molecular flexibility index (Phi) is 10.4. The van der Waals surface area contributed by atoms with E-state index in [0.29, 0.717) is 18.5 Å². The first-order valence-corrected chi connectivity index (χ1v) is 14.9. The van der Waals surface area contributed by atoms with Crippen molar-refractivity contribution in [3.63, 3.8) is 0 Å². The van der Waals surface area contributed by atoms with Crippen molar-refractivity contribution in [3.8, 4) is 5.69 Å². The summed E-state index contributed by atoms with van der Waals surface area (Å²) >= 11 is 0. The first-order valence-electron chi connectivity index (χ1n) is 13.4. The number of hydrogen-bond donors (Lipinski definition) is 1. The van der Waals surface area contributed by atoms with Crippen LogP contribution in [0.5, 0.6) is 0 Å². The molecule has 0 amide bonds. The molecular formula is C29H41ClN3O5P. The van der Waals surface area contributed by atoms with E-state index >= 15 is 0 Å². The smallest absolute Gasteiger partial charge is 0.355 e. The lowest BCUT2D eigenvalue weighted by molar-refractivity contribution is 0.0996. The number of phosphoric acid groups is 1. The zero-order valence-corrected chi connectivity index (χ0v) is 25.2. The Balaban J connectivity index is 0.00000420. The van der Waals surface area contributed by atoms with E-state index in [-0.39, 0.29) is 30.5 Å². The highest BCUT2D eigenvalue weighted by atomic mass is 35.5. The molecule has 10 heteroatoms. The van der Waals surface area contributed by atoms with Gasteiger partial charge in [0.05, 0.1) is 23.8 Å². The topological polar surface area (TPSA) is 84.2 Å². The number of para-hydroxylation sites is 1. The van der Waals surface area contributed by atoms with Crippen molar-refractivity contribution < 1.29 is 23.3 Å². The maximum atomic E-state index is 12.4. The molecule has 2 unspecified atom stereocenters. The lowest BCUT2D eigenvalue weighted by Gasteiger charge is -2.36. The molecule has 2 aromatic carbocycles. The third-order valence-corrected chi connectivity index (χ3v) is 8.35. The van der Waals surface area contributed by atoms with Gasteiger partial charge in [0.15, 0.2) is 6.29 Å². The Bertz CT molecular complexity index is 1300. The number of halogens is 1. The molecule has 0 saturated carbocycles. The van der Waals surface area contributed by atoms with Crippen LogP contribution in [-0.2, 0) is 19.0 Å². The van der Waals surface area contributed by atoms with Gasteiger partial charge in [0.2, 0.25) is 0 Å². The average molecular weight is 578 g/mol. The second-order valence-electron chi connectivity index (χ2n) is 11.0. The molecule has 0 spiro atoms. The standard InChI is InChI=1S/C29H40N3O5P.ClH/c1-6-22(2)37-38(34,35)36-20-19-30-15-17-31(18-16-30)28-26(21-33)25-9-7-8-10-27(25)32(28)24-13-11-23(12-14-24)29(3,4)5;/h7-14,21-22H,6,15-20H2,1-5H3,(H,34,35);1H. The Morgan fingerprint density at radius 2 is 1.69 bits per heavy atom. The van der Waals surface area contributed by atoms with Crippen LogP contribution < -0.4 is 4.90 Å². The molecule has 1 aliphatic rings. The molecule has 1 saturated heterocycles. The van der Waals surface area contributed by atoms with Gasteiger partial charge in [0.1, 0.15) is 5.82 Å². The molecule has 0 bridgehead atoms. The fourth-order valence-electron chi connectivity index (χ4n) is 4.85. The predicted octanol–water partition coefficient (Wildman–Crippen LogP) is 6.22. The molecule has 214 valence electrons. The number of aldehydes is 1. The van der Waals surface area contributed by atoms with Gasteiger partial charge in [-0.2, -0.15) is 0 Å². The molecule has 2 heterocycles. The third-order valence-electron chi connectivity index (χ3n) is 7.22. The van der Waals surface area contributed by atoms with E-state index in [1.807, 2.05) is 25.1 Å². The van der Waals surface area contributed by atoms with Gasteiger partial charge in [-0.1, -0.05) is 58.0 Å². The zero-order chi connectivity index (χ0) is 27.5. The molecule has 2 atom stereocenters. The number of anilines is 1. The zero-order valence-electron chi connectivity index (χ0n) is 23.5. The second-order valence-corrected chi connectivity index (χ2v) is 12.4. The van der Waals surface area contributed by atoms with E-state index < -0.39 is 7.82 Å². The summed E-state index contributed by atoms with van der Waals surface area (Å²) < 4.78 is 24.6. The van der Waals surface area contributed by atoms with Gasteiger partial charge in [-0.25, -0.2) is 4.57 Å². The minimum atomic E-state index is -4.05. The van der Waals surface area contributed by atoms with Crippen molar-refractivity contribution in [2.24, 2.45) is 0 Å². The quantitative estimate of drug-likeness (QED) is 0.226. The van der Waals surface area contributed by atoms with E-state index in [4.69, 9.17) is 9.05 Å². The number of fused-ring (bicyclic) bond motifs is 1. The molecule has 0 radical (unpaired) electrons. The molecule has 1 N–H and O–H groups in total. The van der Waals surface area contributed by atoms with Crippen molar-refractivity contribution in [2.75, 3.05) is 44.2 Å². The molecule has 3 aromatic rings. The first kappa shape index (κ1) is 31.3. The van der Waals surface area contributed by atoms with Gasteiger partial charge >= 0.3 is 7.82 Å². The summed E-state index contributed by atoms with van der Waals surface area (Å²) in [4.78, 5) is 26.8. The summed E-state index contributed by atoms with van der Waals surface area (Å²) in [5.74, 6) is 0.905. The van der Waals surface area contributed by atoms with E-state index in [0.717, 1.165) is 54.9 Å². The number of piperazine rings is 1. The maximum Gasteiger partial charge on any atom is 0.472 e. The van der Waals surface area contributed by atoms with E-state index in [2.05, 4.69) is 65.5 Å². The maximum absolute atomic E-state index is 12.4. The Morgan fingerprint density at radius 1 is 1.05 bits per heavy atom. The van der Waals surface area contributed by atoms with Gasteiger partial charge in [0, 0.05) is 43.8 Å². The minimum absolute atomic E-state index is 0. The monoisotopic (exact) mass is 577 g/mol. The fourth-order valence-corrected chi connectivity index (χ4v) is 5.83. The van der Waals surface area contributed by atoms with Crippen molar-refractivity contribution in [1.29, 1.82) is 0 Å². The van der Waals surface area contributed by atoms with Crippen LogP contribution in [0.3, 0.4) is 0 Å². The number of hydrogen-bond acceptors (Lipinski definition) is 6. The van der Waals surface area contributed by atoms with Crippen LogP contribution in [0, 0.1) is 0 Å². The van der Waals surface area contributed by atoms with Gasteiger partial charge in [-0.3, -0.25) is 23.3 Å². The number of phosphoric ester groups is 1. The summed E-state index contributed by atoms with van der Waals surface area (Å²) in [6.07, 6.45) is 1.27. The lowest BCUT2D eigenvalue weighted by Crippen LogP contribution is -2.48. The summed E-state index contributed by atoms with van der Waals surface area (Å²) in [6, 6.07) is 16.6. The van der Waals surface area contributed by atoms with Gasteiger partial charge in [0.25, 0.3) is 0 Å². The largest absolute Gasteiger partial charge is 0.472 e. The molecule has 8 nitrogen and oxygen atoms in total. The highest BCUT2D eigenvalue weighted by Gasteiger charge is 2.28. The van der Waals surface area contributed by atoms with Crippen molar-refractivity contribution in [3.05, 3.63) is 59.7 Å². The number of benzene rings is 2. The van der Waals surface area contributed by atoms with E-state index in [9.17, 15) is 14.3 Å². The highest BCUT2D eigenvalue weighted by Crippen LogP contribution is 2.44. The molecular weight excluding hydrogens is 537 g/mol. The molecule has 1 aliphatic heterocycles. The van der Waals surface area contributed by atoms with Crippen LogP contribution in [0.15, 0.2) is 48.5 Å². The van der Waals surface area contributed by atoms with Crippen molar-refractivity contribution in [2.45, 2.75) is 52.6 Å². The molecule has 4 rings (SSSR count). The van der Waals surface area contributed by atoms with E-state index in [1.165, 1.54) is 5.56 Å². The average Bonchev–Trinajstić information content (AvgIpc) is 3.22. The minimum Gasteiger partial charge on any atom is -0.355 e. The van der Waals surface area contributed by atoms with Crippen LogP contribution in [0.1, 0.15) is 57.0 Å². The van der Waals surface area contributed by atoms with Gasteiger partial charge in [-0.15, -0.1) is 12.4 Å². The Hall–Kier alpha value is -2.19. The molecule has 0 aliphatic carbocycles. The van der Waals surface area contributed by atoms with Gasteiger partial charge in [-0.05, 0) is 42.5 Å². The Labute approximate surface area is 237 Å². The van der Waals surface area contributed by atoms with Crippen LogP contribution in [0.4, 0.5) is 5.82 Å². The summed E-state index contributed by atoms with van der Waals surface area (Å²) in [5, 5.41) is 0.938. The third kappa shape index (κ3) is 7.31. The SMILES string of the molecule is CCC(C)OP(=O)(O)OCCN1CCN(c2c(C=O)c3ccccc3n2-c2ccc(C(C)(C)C)cc2)CC1.Cl. The number of rotatable bonds is 10. The number of carbonyl (C=O) groups is 1. The van der Waals surface area contributed by atoms with Crippen LogP contribution >= 0.6 is 20.2 Å². The molecule has 39 heavy (non-hydrogen) atoms. The predicted molar refractivity (Wildman–Crippen MR) is 160 cm³/mol. The highest BCUT2D eigenvalue weighted by molar-refractivity contribution is 7.47. The normalized spacial score (nSPS) is 17.0. The Morgan fingerprint density at radius 3 is 2.28 bits per heavy atom. The molecule has 1 aromatic heterocycles. The summed E-state index contributed by atoms with van der Waals surface area (Å²) in [6.45, 7) is 13.8. The second kappa shape index (κ2) is 13.0. The summed E-state index contributed by atoms with van der Waals surface area (Å²) in [5.41, 5.74) is 4.03. The number of nitrogens with zero attached hydrogens (tertiary/aromatic N) is 3. The summed E-state index contributed by atoms with van der Waals surface area (Å²) in [7, 11) is -4.05. The van der Waals surface area contributed by atoms with E-state index in [1.54, 1.807) is 6.92 Å². The molecule has 1 fully saturated rings. The first-order chi connectivity index (χ1) is 18.0. The van der Waals surface area contributed by atoms with Crippen molar-refractivity contribution >= 4 is 43.2 Å². The fraction of sp³-hybridized carbons (Fsp3) is 0.483. The lowest BCUT2D eigenvalue weighted by atomic mass is 9.87. The number of carbonyl (C=O) groups excluding carboxylic acids is 1. The number of aromatic nitrogens is 1. The van der Waals surface area contributed by atoms with Crippen LogP contribution in [0.2, 0.25) is 0 Å².